The smallest absolute Gasteiger partial charge is 0.306 e. The number of carbonyl (C=O) groups is 3. The lowest BCUT2D eigenvalue weighted by Crippen LogP contribution is -2.30. The van der Waals surface area contributed by atoms with E-state index in [2.05, 4.69) is 118 Å². The molecule has 0 aliphatic carbocycles. The fraction of sp³-hybridized carbons (Fsp3) is 0.732. The average Bonchev–Trinajstić information content (AvgIpc) is 3.43. The zero-order valence-electron chi connectivity index (χ0n) is 50.7. The maximum Gasteiger partial charge on any atom is 0.306 e. The highest BCUT2D eigenvalue weighted by Crippen LogP contribution is 2.17. The molecule has 1 atom stereocenters. The third-order valence-corrected chi connectivity index (χ3v) is 14.1. The molecule has 0 saturated carbocycles. The molecule has 0 radical (unpaired) electrons. The van der Waals surface area contributed by atoms with Crippen LogP contribution in [-0.2, 0) is 28.6 Å². The highest BCUT2D eigenvalue weighted by atomic mass is 16.6. The van der Waals surface area contributed by atoms with Crippen LogP contribution in [-0.4, -0.2) is 37.2 Å². The molecule has 0 heterocycles. The van der Waals surface area contributed by atoms with Gasteiger partial charge in [0.1, 0.15) is 13.2 Å². The Labute approximate surface area is 477 Å². The van der Waals surface area contributed by atoms with E-state index in [1.165, 1.54) is 154 Å². The van der Waals surface area contributed by atoms with Gasteiger partial charge in [-0.2, -0.15) is 0 Å². The van der Waals surface area contributed by atoms with Crippen molar-refractivity contribution >= 4 is 17.9 Å². The maximum absolute atomic E-state index is 12.8. The Morgan fingerprint density at radius 3 is 0.818 bits per heavy atom. The quantitative estimate of drug-likeness (QED) is 0.0261. The SMILES string of the molecule is CC/C=C\C/C=C\C/C=C\C/C=C\C/C=C\CCCCCCCCCCCCCCCCCCCCCC(=O)OCC(COC(=O)CCCCCCC)OC(=O)CCCCCCCC/C=C\C/C=C\C/C=C\CCCCC. The third kappa shape index (κ3) is 63.0. The molecule has 0 aliphatic heterocycles. The van der Waals surface area contributed by atoms with Crippen molar-refractivity contribution in [3.05, 3.63) is 97.2 Å². The van der Waals surface area contributed by atoms with Gasteiger partial charge in [0, 0.05) is 19.3 Å². The number of hydrogen-bond acceptors (Lipinski definition) is 6. The molecule has 0 aromatic carbocycles. The van der Waals surface area contributed by atoms with Gasteiger partial charge in [-0.25, -0.2) is 0 Å². The van der Waals surface area contributed by atoms with Crippen LogP contribution >= 0.6 is 0 Å². The molecule has 0 N–H and O–H groups in total. The van der Waals surface area contributed by atoms with Gasteiger partial charge in [-0.3, -0.25) is 14.4 Å². The molecule has 0 aromatic rings. The Hall–Kier alpha value is -3.67. The fourth-order valence-electron chi connectivity index (χ4n) is 9.18. The number of allylic oxidation sites excluding steroid dienone is 16. The van der Waals surface area contributed by atoms with E-state index in [4.69, 9.17) is 14.2 Å². The van der Waals surface area contributed by atoms with Crippen LogP contribution < -0.4 is 0 Å². The molecule has 0 saturated heterocycles. The minimum absolute atomic E-state index is 0.0794. The number of ether oxygens (including phenoxy) is 3. The van der Waals surface area contributed by atoms with Gasteiger partial charge in [0.2, 0.25) is 0 Å². The van der Waals surface area contributed by atoms with E-state index in [0.29, 0.717) is 19.3 Å². The van der Waals surface area contributed by atoms with Gasteiger partial charge in [-0.05, 0) is 103 Å². The largest absolute Gasteiger partial charge is 0.462 e. The van der Waals surface area contributed by atoms with E-state index in [-0.39, 0.29) is 31.1 Å². The molecule has 1 unspecified atom stereocenters. The van der Waals surface area contributed by atoms with Gasteiger partial charge in [0.25, 0.3) is 0 Å². The molecule has 0 rings (SSSR count). The zero-order valence-corrected chi connectivity index (χ0v) is 50.7. The van der Waals surface area contributed by atoms with E-state index in [1.807, 2.05) is 0 Å². The van der Waals surface area contributed by atoms with Crippen LogP contribution in [0.4, 0.5) is 0 Å². The summed E-state index contributed by atoms with van der Waals surface area (Å²) in [6, 6.07) is 0. The van der Waals surface area contributed by atoms with Gasteiger partial charge < -0.3 is 14.2 Å². The third-order valence-electron chi connectivity index (χ3n) is 14.1. The second kappa shape index (κ2) is 64.9. The summed E-state index contributed by atoms with van der Waals surface area (Å²) in [5.74, 6) is -0.896. The Bertz CT molecular complexity index is 1510. The Morgan fingerprint density at radius 1 is 0.273 bits per heavy atom. The van der Waals surface area contributed by atoms with Gasteiger partial charge in [-0.15, -0.1) is 0 Å². The van der Waals surface area contributed by atoms with Crippen molar-refractivity contribution in [1.82, 2.24) is 0 Å². The van der Waals surface area contributed by atoms with Crippen molar-refractivity contribution in [3.8, 4) is 0 Å². The van der Waals surface area contributed by atoms with Crippen molar-refractivity contribution in [1.29, 1.82) is 0 Å². The molecule has 77 heavy (non-hydrogen) atoms. The summed E-state index contributed by atoms with van der Waals surface area (Å²) in [5.41, 5.74) is 0. The summed E-state index contributed by atoms with van der Waals surface area (Å²) >= 11 is 0. The van der Waals surface area contributed by atoms with Crippen molar-refractivity contribution in [2.24, 2.45) is 0 Å². The number of unbranched alkanes of at least 4 members (excludes halogenated alkanes) is 32. The Morgan fingerprint density at radius 2 is 0.506 bits per heavy atom. The van der Waals surface area contributed by atoms with Crippen LogP contribution in [0.3, 0.4) is 0 Å². The Balaban J connectivity index is 3.95. The predicted octanol–water partition coefficient (Wildman–Crippen LogP) is 22.4. The lowest BCUT2D eigenvalue weighted by Gasteiger charge is -2.18. The van der Waals surface area contributed by atoms with E-state index < -0.39 is 6.10 Å². The van der Waals surface area contributed by atoms with E-state index in [9.17, 15) is 14.4 Å². The summed E-state index contributed by atoms with van der Waals surface area (Å²) < 4.78 is 16.8. The predicted molar refractivity (Wildman–Crippen MR) is 334 cm³/mol. The number of hydrogen-bond donors (Lipinski definition) is 0. The molecule has 442 valence electrons. The molecule has 0 aromatic heterocycles. The molecule has 0 bridgehead atoms. The van der Waals surface area contributed by atoms with Crippen LogP contribution in [0.1, 0.15) is 316 Å². The molecular weight excluding hydrogens is 949 g/mol. The summed E-state index contributed by atoms with van der Waals surface area (Å²) in [6.07, 6.45) is 87.6. The molecule has 6 nitrogen and oxygen atoms in total. The number of rotatable bonds is 59. The molecule has 6 heteroatoms. The second-order valence-electron chi connectivity index (χ2n) is 21.6. The van der Waals surface area contributed by atoms with Crippen molar-refractivity contribution < 1.29 is 28.6 Å². The number of carbonyl (C=O) groups excluding carboxylic acids is 3. The van der Waals surface area contributed by atoms with Gasteiger partial charge in [0.05, 0.1) is 0 Å². The summed E-state index contributed by atoms with van der Waals surface area (Å²) in [4.78, 5) is 37.9. The highest BCUT2D eigenvalue weighted by molar-refractivity contribution is 5.71. The summed E-state index contributed by atoms with van der Waals surface area (Å²) in [7, 11) is 0. The molecule has 0 spiro atoms. The first kappa shape index (κ1) is 73.3. The maximum atomic E-state index is 12.8. The van der Waals surface area contributed by atoms with E-state index in [1.54, 1.807) is 0 Å². The summed E-state index contributed by atoms with van der Waals surface area (Å²) in [6.45, 7) is 6.43. The minimum atomic E-state index is -0.779. The molecule has 0 aliphatic rings. The van der Waals surface area contributed by atoms with Crippen molar-refractivity contribution in [2.75, 3.05) is 13.2 Å². The van der Waals surface area contributed by atoms with Gasteiger partial charge >= 0.3 is 17.9 Å². The van der Waals surface area contributed by atoms with Gasteiger partial charge in [0.15, 0.2) is 6.10 Å². The summed E-state index contributed by atoms with van der Waals surface area (Å²) in [5, 5.41) is 0. The monoisotopic (exact) mass is 1070 g/mol. The van der Waals surface area contributed by atoms with E-state index in [0.717, 1.165) is 122 Å². The number of esters is 3. The lowest BCUT2D eigenvalue weighted by atomic mass is 10.0. The first-order chi connectivity index (χ1) is 38.0. The first-order valence-corrected chi connectivity index (χ1v) is 32.7. The van der Waals surface area contributed by atoms with Crippen LogP contribution in [0.2, 0.25) is 0 Å². The Kier molecular flexibility index (Phi) is 61.8. The fourth-order valence-corrected chi connectivity index (χ4v) is 9.18. The highest BCUT2D eigenvalue weighted by Gasteiger charge is 2.19. The van der Waals surface area contributed by atoms with E-state index >= 15 is 0 Å². The minimum Gasteiger partial charge on any atom is -0.462 e. The van der Waals surface area contributed by atoms with Crippen molar-refractivity contribution in [2.45, 2.75) is 322 Å². The zero-order chi connectivity index (χ0) is 55.7. The van der Waals surface area contributed by atoms with Crippen LogP contribution in [0, 0.1) is 0 Å². The van der Waals surface area contributed by atoms with Crippen LogP contribution in [0.15, 0.2) is 97.2 Å². The van der Waals surface area contributed by atoms with Crippen molar-refractivity contribution in [3.63, 3.8) is 0 Å². The second-order valence-corrected chi connectivity index (χ2v) is 21.6. The molecule has 0 fully saturated rings. The normalized spacial score (nSPS) is 12.7. The van der Waals surface area contributed by atoms with Crippen LogP contribution in [0.25, 0.3) is 0 Å². The first-order valence-electron chi connectivity index (χ1n) is 32.7. The lowest BCUT2D eigenvalue weighted by molar-refractivity contribution is -0.167. The van der Waals surface area contributed by atoms with Gasteiger partial charge in [-0.1, -0.05) is 291 Å². The topological polar surface area (TPSA) is 78.9 Å². The van der Waals surface area contributed by atoms with Crippen LogP contribution in [0.5, 0.6) is 0 Å². The standard InChI is InChI=1S/C71H122O6/c1-4-7-10-13-15-17-19-21-23-25-27-28-29-30-31-32-33-34-35-36-37-38-39-40-41-42-44-45-47-49-51-53-55-58-61-64-70(73)76-67-68(66-75-69(72)63-60-57-12-9-6-3)77-71(74)65-62-59-56-54-52-50-48-46-43-26-24-22-20-18-16-14-11-8-5-2/h7,10,15-18,21-24,27-28,30-31,43,46,68H,4-6,8-9,11-14,19-20,25-26,29,32-42,44-45,47-67H2,1-3H3/b10-7-,17-15-,18-16-,23-21-,24-22-,28-27-,31-30-,46-43-. The molecular formula is C71H122O6. The average molecular weight is 1070 g/mol. The molecule has 0 amide bonds.